The minimum Gasteiger partial charge on any atom is -0.342 e. The zero-order chi connectivity index (χ0) is 20.9. The van der Waals surface area contributed by atoms with Crippen LogP contribution in [-0.2, 0) is 9.59 Å². The van der Waals surface area contributed by atoms with Crippen molar-refractivity contribution in [3.63, 3.8) is 0 Å². The maximum Gasteiger partial charge on any atom is 0.301 e. The summed E-state index contributed by atoms with van der Waals surface area (Å²) in [4.78, 5) is 29.3. The summed E-state index contributed by atoms with van der Waals surface area (Å²) in [6.07, 6.45) is 14.1. The molecule has 3 aliphatic rings. The molecule has 6 heteroatoms. The van der Waals surface area contributed by atoms with Crippen LogP contribution in [0.25, 0.3) is 0 Å². The van der Waals surface area contributed by atoms with E-state index in [-0.39, 0.29) is 11.8 Å². The lowest BCUT2D eigenvalue weighted by atomic mass is 9.77. The number of nitrogens with one attached hydrogen (secondary N) is 1. The predicted octanol–water partition coefficient (Wildman–Crippen LogP) is 2.87. The molecule has 0 spiro atoms. The topological polar surface area (TPSA) is 81.1 Å². The van der Waals surface area contributed by atoms with E-state index in [1.165, 1.54) is 37.0 Å². The Morgan fingerprint density at radius 1 is 1.17 bits per heavy atom. The number of guanidine groups is 1. The van der Waals surface area contributed by atoms with Crippen molar-refractivity contribution in [3.05, 3.63) is 0 Å². The Hall–Kier alpha value is -1.43. The lowest BCUT2D eigenvalue weighted by molar-refractivity contribution is -0.608. The van der Waals surface area contributed by atoms with Crippen molar-refractivity contribution in [1.82, 2.24) is 9.80 Å². The number of carbonyl (C=O) groups excluding carboxylic acids is 2. The van der Waals surface area contributed by atoms with E-state index in [0.29, 0.717) is 18.3 Å². The van der Waals surface area contributed by atoms with Crippen LogP contribution >= 0.6 is 0 Å². The zero-order valence-electron chi connectivity index (χ0n) is 18.5. The average molecular weight is 406 g/mol. The molecule has 6 nitrogen and oxygen atoms in total. The second-order valence-corrected chi connectivity index (χ2v) is 9.75. The van der Waals surface area contributed by atoms with Crippen molar-refractivity contribution in [2.75, 3.05) is 20.1 Å². The Bertz CT molecular complexity index is 602. The van der Waals surface area contributed by atoms with Gasteiger partial charge in [0.05, 0.1) is 0 Å². The molecule has 0 aromatic heterocycles. The highest BCUT2D eigenvalue weighted by molar-refractivity contribution is 6.00. The summed E-state index contributed by atoms with van der Waals surface area (Å²) in [5.74, 6) is 1.83. The molecule has 2 heterocycles. The molecule has 3 fully saturated rings. The van der Waals surface area contributed by atoms with Crippen LogP contribution in [0.3, 0.4) is 0 Å². The Morgan fingerprint density at radius 2 is 1.90 bits per heavy atom. The van der Waals surface area contributed by atoms with Crippen LogP contribution in [0.15, 0.2) is 0 Å². The third-order valence-electron chi connectivity index (χ3n) is 7.50. The lowest BCUT2D eigenvalue weighted by Gasteiger charge is -2.36. The fraction of sp³-hybridized carbons (Fsp3) is 0.870. The smallest absolute Gasteiger partial charge is 0.301 e. The van der Waals surface area contributed by atoms with Crippen LogP contribution in [0.1, 0.15) is 90.4 Å². The van der Waals surface area contributed by atoms with Crippen molar-refractivity contribution in [2.45, 2.75) is 95.9 Å². The van der Waals surface area contributed by atoms with Crippen LogP contribution in [0.4, 0.5) is 0 Å². The fourth-order valence-corrected chi connectivity index (χ4v) is 5.69. The molecule has 0 unspecified atom stereocenters. The predicted molar refractivity (Wildman–Crippen MR) is 114 cm³/mol. The molecule has 1 saturated carbocycles. The standard InChI is InChI=1S/C23H40N4O2/c1-3-4-12-20(28)27-15-8-11-19(17-27)16-23(21(29)26(2)22(24)25-23)14-13-18-9-6-5-7-10-18/h18-19H,3-17H2,1-2H3,(H2,24,25)/p+1/t19-,23+/m1/s1. The highest BCUT2D eigenvalue weighted by Gasteiger charge is 2.54. The number of hydrogen-bond acceptors (Lipinski definition) is 3. The first kappa shape index (κ1) is 22.3. The van der Waals surface area contributed by atoms with Crippen molar-refractivity contribution >= 4 is 17.8 Å². The first-order chi connectivity index (χ1) is 13.9. The second-order valence-electron chi connectivity index (χ2n) is 9.75. The number of hydrogen-bond donors (Lipinski definition) is 2. The third kappa shape index (κ3) is 5.39. The van der Waals surface area contributed by atoms with Crippen molar-refractivity contribution in [1.29, 1.82) is 5.41 Å². The summed E-state index contributed by atoms with van der Waals surface area (Å²) in [6, 6.07) is 0. The summed E-state index contributed by atoms with van der Waals surface area (Å²) in [5, 5.41) is 10.2. The number of amides is 2. The van der Waals surface area contributed by atoms with Gasteiger partial charge in [-0.15, -0.1) is 0 Å². The van der Waals surface area contributed by atoms with Gasteiger partial charge in [0.25, 0.3) is 5.91 Å². The largest absolute Gasteiger partial charge is 0.342 e. The Balaban J connectivity index is 1.65. The number of likely N-dealkylation sites (tertiary alicyclic amines) is 1. The first-order valence-corrected chi connectivity index (χ1v) is 12.0. The number of rotatable bonds is 8. The van der Waals surface area contributed by atoms with Crippen LogP contribution in [0, 0.1) is 17.2 Å². The molecular formula is C23H41N4O2+. The number of piperidine rings is 1. The van der Waals surface area contributed by atoms with Gasteiger partial charge >= 0.3 is 5.96 Å². The number of likely N-dealkylation sites (N-methyl/N-ethyl adjacent to an activating group) is 1. The Labute approximate surface area is 176 Å². The minimum absolute atomic E-state index is 0.104. The van der Waals surface area contributed by atoms with E-state index in [0.717, 1.165) is 64.0 Å². The second kappa shape index (κ2) is 10.1. The molecule has 3 N–H and O–H groups in total. The SMILES string of the molecule is CCCCC(=O)N1CCC[C@H](C[C@]2(CCC3CCCCC3)[NH2+]C(=N)N(C)C2=O)C1. The monoisotopic (exact) mass is 405 g/mol. The molecule has 164 valence electrons. The summed E-state index contributed by atoms with van der Waals surface area (Å²) >= 11 is 0. The molecule has 0 aromatic carbocycles. The van der Waals surface area contributed by atoms with Gasteiger partial charge in [0.15, 0.2) is 5.54 Å². The molecule has 2 aliphatic heterocycles. The number of quaternary nitrogens is 1. The molecular weight excluding hydrogens is 364 g/mol. The van der Waals surface area contributed by atoms with Crippen LogP contribution in [-0.4, -0.2) is 53.2 Å². The van der Waals surface area contributed by atoms with E-state index >= 15 is 0 Å². The molecule has 0 radical (unpaired) electrons. The molecule has 2 saturated heterocycles. The Morgan fingerprint density at radius 3 is 2.55 bits per heavy atom. The highest BCUT2D eigenvalue weighted by atomic mass is 16.2. The number of unbranched alkanes of at least 4 members (excludes halogenated alkanes) is 1. The average Bonchev–Trinajstić information content (AvgIpc) is 2.95. The van der Waals surface area contributed by atoms with Crippen LogP contribution < -0.4 is 5.32 Å². The normalized spacial score (nSPS) is 29.0. The maximum atomic E-state index is 13.2. The summed E-state index contributed by atoms with van der Waals surface area (Å²) in [6.45, 7) is 3.77. The van der Waals surface area contributed by atoms with E-state index in [1.807, 2.05) is 10.2 Å². The maximum absolute atomic E-state index is 13.2. The van der Waals surface area contributed by atoms with E-state index in [4.69, 9.17) is 5.41 Å². The molecule has 0 aromatic rings. The Kier molecular flexibility index (Phi) is 7.72. The number of nitrogens with two attached hydrogens (primary N) is 1. The quantitative estimate of drug-likeness (QED) is 0.651. The zero-order valence-corrected chi connectivity index (χ0v) is 18.5. The summed E-state index contributed by atoms with van der Waals surface area (Å²) < 4.78 is 0. The van der Waals surface area contributed by atoms with E-state index in [2.05, 4.69) is 6.92 Å². The van der Waals surface area contributed by atoms with E-state index in [9.17, 15) is 9.59 Å². The van der Waals surface area contributed by atoms with Gasteiger partial charge in [0.2, 0.25) is 5.91 Å². The van der Waals surface area contributed by atoms with E-state index in [1.54, 1.807) is 7.05 Å². The van der Waals surface area contributed by atoms with Gasteiger partial charge in [0, 0.05) is 39.4 Å². The number of nitrogens with zero attached hydrogens (tertiary/aromatic N) is 2. The first-order valence-electron chi connectivity index (χ1n) is 12.0. The fourth-order valence-electron chi connectivity index (χ4n) is 5.69. The molecule has 2 atom stereocenters. The molecule has 1 aliphatic carbocycles. The van der Waals surface area contributed by atoms with Crippen molar-refractivity contribution in [2.24, 2.45) is 11.8 Å². The molecule has 3 rings (SSSR count). The van der Waals surface area contributed by atoms with Crippen molar-refractivity contribution in [3.8, 4) is 0 Å². The van der Waals surface area contributed by atoms with Gasteiger partial charge in [-0.05, 0) is 37.5 Å². The molecule has 29 heavy (non-hydrogen) atoms. The van der Waals surface area contributed by atoms with Gasteiger partial charge in [-0.3, -0.25) is 14.9 Å². The van der Waals surface area contributed by atoms with Gasteiger partial charge < -0.3 is 4.90 Å². The van der Waals surface area contributed by atoms with Crippen LogP contribution in [0.2, 0.25) is 0 Å². The summed E-state index contributed by atoms with van der Waals surface area (Å²) in [7, 11) is 1.74. The third-order valence-corrected chi connectivity index (χ3v) is 7.50. The minimum atomic E-state index is -0.524. The van der Waals surface area contributed by atoms with Gasteiger partial charge in [-0.25, -0.2) is 10.3 Å². The van der Waals surface area contributed by atoms with Crippen LogP contribution in [0.5, 0.6) is 0 Å². The van der Waals surface area contributed by atoms with Crippen molar-refractivity contribution < 1.29 is 14.9 Å². The van der Waals surface area contributed by atoms with E-state index < -0.39 is 5.54 Å². The molecule has 2 amide bonds. The molecule has 0 bridgehead atoms. The highest BCUT2D eigenvalue weighted by Crippen LogP contribution is 2.34. The van der Waals surface area contributed by atoms with Gasteiger partial charge in [-0.1, -0.05) is 45.4 Å². The number of carbonyl (C=O) groups is 2. The van der Waals surface area contributed by atoms with Gasteiger partial charge in [-0.2, -0.15) is 0 Å². The lowest BCUT2D eigenvalue weighted by Crippen LogP contribution is -2.97. The summed E-state index contributed by atoms with van der Waals surface area (Å²) in [5.41, 5.74) is -0.524. The van der Waals surface area contributed by atoms with Gasteiger partial charge in [0.1, 0.15) is 0 Å².